The number of aryl methyl sites for hydroxylation is 2. The Hall–Kier alpha value is -1.17. The van der Waals surface area contributed by atoms with Gasteiger partial charge in [-0.05, 0) is 48.4 Å². The van der Waals surface area contributed by atoms with Crippen molar-refractivity contribution in [2.24, 2.45) is 0 Å². The van der Waals surface area contributed by atoms with E-state index in [1.54, 1.807) is 0 Å². The highest BCUT2D eigenvalue weighted by atomic mass is 127. The summed E-state index contributed by atoms with van der Waals surface area (Å²) >= 11 is 2.33. The number of nitrogens with zero attached hydrogens (tertiary/aromatic N) is 2. The highest BCUT2D eigenvalue weighted by Gasteiger charge is 2.11. The molecule has 0 spiro atoms. The molecule has 4 heteroatoms. The van der Waals surface area contributed by atoms with E-state index in [9.17, 15) is 0 Å². The summed E-state index contributed by atoms with van der Waals surface area (Å²) in [5, 5.41) is 3.33. The van der Waals surface area contributed by atoms with Crippen LogP contribution in [-0.2, 0) is 12.8 Å². The number of hydrogen-bond donors (Lipinski definition) is 1. The van der Waals surface area contributed by atoms with Crippen LogP contribution in [0.4, 0.5) is 5.82 Å². The number of anilines is 1. The van der Waals surface area contributed by atoms with Crippen molar-refractivity contribution >= 4 is 28.4 Å². The predicted molar refractivity (Wildman–Crippen MR) is 92.3 cm³/mol. The molecule has 3 nitrogen and oxygen atoms in total. The fraction of sp³-hybridized carbons (Fsp3) is 0.375. The van der Waals surface area contributed by atoms with Crippen LogP contribution in [0.1, 0.15) is 36.5 Å². The van der Waals surface area contributed by atoms with Crippen LogP contribution < -0.4 is 5.32 Å². The van der Waals surface area contributed by atoms with Crippen LogP contribution in [0, 0.1) is 10.5 Å². The Morgan fingerprint density at radius 1 is 1.20 bits per heavy atom. The minimum atomic E-state index is 0.782. The zero-order chi connectivity index (χ0) is 14.5. The van der Waals surface area contributed by atoms with E-state index in [1.165, 1.54) is 11.1 Å². The predicted octanol–water partition coefficient (Wildman–Crippen LogP) is 3.97. The first-order chi connectivity index (χ1) is 9.63. The quantitative estimate of drug-likeness (QED) is 0.797. The molecule has 0 atom stereocenters. The Morgan fingerprint density at radius 2 is 2.00 bits per heavy atom. The van der Waals surface area contributed by atoms with E-state index >= 15 is 0 Å². The number of hydrogen-bond acceptors (Lipinski definition) is 3. The summed E-state index contributed by atoms with van der Waals surface area (Å²) in [5.41, 5.74) is 3.66. The molecule has 0 saturated carbocycles. The van der Waals surface area contributed by atoms with Crippen LogP contribution >= 0.6 is 22.6 Å². The first-order valence-corrected chi connectivity index (χ1v) is 8.06. The smallest absolute Gasteiger partial charge is 0.143 e. The second-order valence-electron chi connectivity index (χ2n) is 4.80. The Balaban J connectivity index is 2.34. The summed E-state index contributed by atoms with van der Waals surface area (Å²) < 4.78 is 1.14. The number of rotatable bonds is 5. The second kappa shape index (κ2) is 7.02. The third-order valence-corrected chi connectivity index (χ3v) is 4.22. The van der Waals surface area contributed by atoms with Gasteiger partial charge >= 0.3 is 0 Å². The molecule has 2 rings (SSSR count). The van der Waals surface area contributed by atoms with E-state index in [1.807, 2.05) is 0 Å². The maximum atomic E-state index is 4.70. The molecule has 0 amide bonds. The van der Waals surface area contributed by atoms with Crippen molar-refractivity contribution in [3.05, 3.63) is 50.5 Å². The third-order valence-electron chi connectivity index (χ3n) is 3.09. The fourth-order valence-electron chi connectivity index (χ4n) is 2.15. The standard InChI is InChI=1S/C16H20IN3/c1-4-13-15(17)16(18-5-2)20-14(19-13)10-12-8-6-7-11(3)9-12/h6-9H,4-5,10H2,1-3H3,(H,18,19,20). The maximum Gasteiger partial charge on any atom is 0.143 e. The maximum absolute atomic E-state index is 4.70. The van der Waals surface area contributed by atoms with Gasteiger partial charge in [-0.3, -0.25) is 0 Å². The van der Waals surface area contributed by atoms with Crippen molar-refractivity contribution in [2.75, 3.05) is 11.9 Å². The first-order valence-electron chi connectivity index (χ1n) is 6.98. The molecular weight excluding hydrogens is 361 g/mol. The van der Waals surface area contributed by atoms with E-state index in [0.29, 0.717) is 0 Å². The molecule has 1 heterocycles. The van der Waals surface area contributed by atoms with Crippen molar-refractivity contribution in [3.8, 4) is 0 Å². The molecule has 0 bridgehead atoms. The number of benzene rings is 1. The van der Waals surface area contributed by atoms with Crippen molar-refractivity contribution in [1.29, 1.82) is 0 Å². The van der Waals surface area contributed by atoms with E-state index < -0.39 is 0 Å². The Morgan fingerprint density at radius 3 is 2.65 bits per heavy atom. The molecule has 0 unspecified atom stereocenters. The molecule has 0 saturated heterocycles. The molecule has 106 valence electrons. The number of nitrogens with one attached hydrogen (secondary N) is 1. The Labute approximate surface area is 134 Å². The van der Waals surface area contributed by atoms with E-state index in [4.69, 9.17) is 4.98 Å². The molecular formula is C16H20IN3. The van der Waals surface area contributed by atoms with Crippen LogP contribution in [-0.4, -0.2) is 16.5 Å². The molecule has 0 aliphatic carbocycles. The van der Waals surface area contributed by atoms with Gasteiger partial charge < -0.3 is 5.32 Å². The minimum absolute atomic E-state index is 0.782. The molecule has 0 radical (unpaired) electrons. The summed E-state index contributed by atoms with van der Waals surface area (Å²) in [7, 11) is 0. The second-order valence-corrected chi connectivity index (χ2v) is 5.88. The Kier molecular flexibility index (Phi) is 5.34. The zero-order valence-corrected chi connectivity index (χ0v) is 14.4. The van der Waals surface area contributed by atoms with Gasteiger partial charge in [0.25, 0.3) is 0 Å². The number of aromatic nitrogens is 2. The average Bonchev–Trinajstić information content (AvgIpc) is 2.42. The summed E-state index contributed by atoms with van der Waals surface area (Å²) in [6, 6.07) is 8.52. The largest absolute Gasteiger partial charge is 0.369 e. The zero-order valence-electron chi connectivity index (χ0n) is 12.2. The Bertz CT molecular complexity index is 596. The van der Waals surface area contributed by atoms with Gasteiger partial charge in [-0.1, -0.05) is 36.8 Å². The van der Waals surface area contributed by atoms with Crippen molar-refractivity contribution in [1.82, 2.24) is 9.97 Å². The number of halogens is 1. The minimum Gasteiger partial charge on any atom is -0.369 e. The lowest BCUT2D eigenvalue weighted by molar-refractivity contribution is 0.893. The van der Waals surface area contributed by atoms with Gasteiger partial charge in [0.15, 0.2) is 0 Å². The van der Waals surface area contributed by atoms with Gasteiger partial charge in [-0.15, -0.1) is 0 Å². The molecule has 0 fully saturated rings. The van der Waals surface area contributed by atoms with Crippen molar-refractivity contribution in [3.63, 3.8) is 0 Å². The van der Waals surface area contributed by atoms with Crippen LogP contribution in [0.3, 0.4) is 0 Å². The topological polar surface area (TPSA) is 37.8 Å². The van der Waals surface area contributed by atoms with Gasteiger partial charge in [0.2, 0.25) is 0 Å². The highest BCUT2D eigenvalue weighted by Crippen LogP contribution is 2.21. The van der Waals surface area contributed by atoms with Gasteiger partial charge in [0, 0.05) is 13.0 Å². The van der Waals surface area contributed by atoms with Crippen LogP contribution in [0.5, 0.6) is 0 Å². The van der Waals surface area contributed by atoms with E-state index in [2.05, 4.69) is 77.9 Å². The summed E-state index contributed by atoms with van der Waals surface area (Å²) in [6.45, 7) is 7.21. The fourth-order valence-corrected chi connectivity index (χ4v) is 2.96. The monoisotopic (exact) mass is 381 g/mol. The SMILES string of the molecule is CCNc1nc(Cc2cccc(C)c2)nc(CC)c1I. The summed E-state index contributed by atoms with van der Waals surface area (Å²) in [4.78, 5) is 9.37. The van der Waals surface area contributed by atoms with Gasteiger partial charge in [-0.2, -0.15) is 0 Å². The van der Waals surface area contributed by atoms with Crippen LogP contribution in [0.25, 0.3) is 0 Å². The molecule has 0 aliphatic heterocycles. The molecule has 0 aliphatic rings. The van der Waals surface area contributed by atoms with Gasteiger partial charge in [-0.25, -0.2) is 9.97 Å². The molecule has 20 heavy (non-hydrogen) atoms. The summed E-state index contributed by atoms with van der Waals surface area (Å²) in [6.07, 6.45) is 1.71. The lowest BCUT2D eigenvalue weighted by Gasteiger charge is -2.11. The van der Waals surface area contributed by atoms with Crippen molar-refractivity contribution < 1.29 is 0 Å². The first kappa shape index (κ1) is 15.2. The molecule has 1 aromatic heterocycles. The van der Waals surface area contributed by atoms with Gasteiger partial charge in [0.1, 0.15) is 11.6 Å². The van der Waals surface area contributed by atoms with Crippen LogP contribution in [0.15, 0.2) is 24.3 Å². The molecule has 1 aromatic carbocycles. The van der Waals surface area contributed by atoms with Crippen molar-refractivity contribution in [2.45, 2.75) is 33.6 Å². The lowest BCUT2D eigenvalue weighted by atomic mass is 10.1. The normalized spacial score (nSPS) is 10.6. The summed E-state index contributed by atoms with van der Waals surface area (Å²) in [5.74, 6) is 1.85. The highest BCUT2D eigenvalue weighted by molar-refractivity contribution is 14.1. The molecule has 2 aromatic rings. The van der Waals surface area contributed by atoms with E-state index in [0.717, 1.165) is 40.3 Å². The van der Waals surface area contributed by atoms with E-state index in [-0.39, 0.29) is 0 Å². The third kappa shape index (κ3) is 3.69. The van der Waals surface area contributed by atoms with Crippen LogP contribution in [0.2, 0.25) is 0 Å². The average molecular weight is 381 g/mol. The van der Waals surface area contributed by atoms with Gasteiger partial charge in [0.05, 0.1) is 9.26 Å². The lowest BCUT2D eigenvalue weighted by Crippen LogP contribution is -2.09. The molecule has 1 N–H and O–H groups in total.